The van der Waals surface area contributed by atoms with Gasteiger partial charge in [0.05, 0.1) is 0 Å². The van der Waals surface area contributed by atoms with Gasteiger partial charge in [0.15, 0.2) is 6.61 Å². The molecular weight excluding hydrogens is 332 g/mol. The van der Waals surface area contributed by atoms with Gasteiger partial charge in [-0.3, -0.25) is 4.79 Å². The Labute approximate surface area is 155 Å². The SMILES string of the molecule is CCc1ccccc1OCC(=O)NC1CCN(C(=O)OC(C)(C)C)CC1. The fraction of sp³-hybridized carbons (Fsp3) is 0.600. The third-order valence-electron chi connectivity index (χ3n) is 4.22. The van der Waals surface area contributed by atoms with Crippen molar-refractivity contribution in [2.45, 2.75) is 58.6 Å². The van der Waals surface area contributed by atoms with Crippen LogP contribution in [0, 0.1) is 0 Å². The van der Waals surface area contributed by atoms with Gasteiger partial charge in [0.1, 0.15) is 11.4 Å². The van der Waals surface area contributed by atoms with Crippen molar-refractivity contribution in [3.63, 3.8) is 0 Å². The van der Waals surface area contributed by atoms with E-state index in [-0.39, 0.29) is 24.6 Å². The Hall–Kier alpha value is -2.24. The van der Waals surface area contributed by atoms with Gasteiger partial charge in [-0.15, -0.1) is 0 Å². The van der Waals surface area contributed by atoms with Crippen molar-refractivity contribution in [1.29, 1.82) is 0 Å². The van der Waals surface area contributed by atoms with Crippen LogP contribution in [0.25, 0.3) is 0 Å². The van der Waals surface area contributed by atoms with Crippen LogP contribution < -0.4 is 10.1 Å². The average Bonchev–Trinajstić information content (AvgIpc) is 2.59. The molecule has 1 N–H and O–H groups in total. The number of carbonyl (C=O) groups is 2. The average molecular weight is 362 g/mol. The number of ether oxygens (including phenoxy) is 2. The predicted molar refractivity (Wildman–Crippen MR) is 100 cm³/mol. The van der Waals surface area contributed by atoms with Gasteiger partial charge in [0.2, 0.25) is 0 Å². The summed E-state index contributed by atoms with van der Waals surface area (Å²) in [5.41, 5.74) is 0.597. The zero-order chi connectivity index (χ0) is 19.2. The maximum atomic E-state index is 12.1. The van der Waals surface area contributed by atoms with Crippen molar-refractivity contribution in [2.75, 3.05) is 19.7 Å². The zero-order valence-electron chi connectivity index (χ0n) is 16.2. The summed E-state index contributed by atoms with van der Waals surface area (Å²) < 4.78 is 11.0. The Morgan fingerprint density at radius 3 is 2.46 bits per heavy atom. The van der Waals surface area contributed by atoms with Crippen LogP contribution in [-0.4, -0.2) is 48.2 Å². The van der Waals surface area contributed by atoms with Crippen LogP contribution in [0.15, 0.2) is 24.3 Å². The highest BCUT2D eigenvalue weighted by atomic mass is 16.6. The first-order valence-corrected chi connectivity index (χ1v) is 9.26. The molecule has 1 aliphatic heterocycles. The van der Waals surface area contributed by atoms with Crippen molar-refractivity contribution in [3.8, 4) is 5.75 Å². The molecule has 6 heteroatoms. The van der Waals surface area contributed by atoms with Crippen molar-refractivity contribution >= 4 is 12.0 Å². The fourth-order valence-electron chi connectivity index (χ4n) is 2.88. The van der Waals surface area contributed by atoms with Crippen LogP contribution in [0.1, 0.15) is 46.1 Å². The van der Waals surface area contributed by atoms with Gasteiger partial charge in [0, 0.05) is 19.1 Å². The Bertz CT molecular complexity index is 616. The second-order valence-corrected chi connectivity index (χ2v) is 7.56. The summed E-state index contributed by atoms with van der Waals surface area (Å²) in [6.07, 6.45) is 2.01. The van der Waals surface area contributed by atoms with Crippen LogP contribution in [0.3, 0.4) is 0 Å². The van der Waals surface area contributed by atoms with Crippen LogP contribution in [0.2, 0.25) is 0 Å². The molecule has 0 bridgehead atoms. The largest absolute Gasteiger partial charge is 0.483 e. The molecule has 1 aromatic rings. The fourth-order valence-corrected chi connectivity index (χ4v) is 2.88. The van der Waals surface area contributed by atoms with E-state index in [9.17, 15) is 9.59 Å². The van der Waals surface area contributed by atoms with Gasteiger partial charge in [-0.05, 0) is 51.7 Å². The minimum absolute atomic E-state index is 0.00327. The van der Waals surface area contributed by atoms with Gasteiger partial charge in [0.25, 0.3) is 5.91 Å². The van der Waals surface area contributed by atoms with E-state index in [0.717, 1.165) is 30.6 Å². The maximum Gasteiger partial charge on any atom is 0.410 e. The van der Waals surface area contributed by atoms with E-state index in [1.165, 1.54) is 0 Å². The molecule has 0 atom stereocenters. The molecule has 1 aliphatic rings. The first-order valence-electron chi connectivity index (χ1n) is 9.26. The van der Waals surface area contributed by atoms with Gasteiger partial charge in [-0.25, -0.2) is 4.79 Å². The second kappa shape index (κ2) is 8.92. The number of nitrogens with zero attached hydrogens (tertiary/aromatic N) is 1. The van der Waals surface area contributed by atoms with Crippen LogP contribution in [0.5, 0.6) is 5.75 Å². The Kier molecular flexibility index (Phi) is 6.89. The molecular formula is C20H30N2O4. The molecule has 26 heavy (non-hydrogen) atoms. The number of para-hydroxylation sites is 1. The number of likely N-dealkylation sites (tertiary alicyclic amines) is 1. The number of carbonyl (C=O) groups excluding carboxylic acids is 2. The normalized spacial score (nSPS) is 15.5. The van der Waals surface area contributed by atoms with Crippen LogP contribution >= 0.6 is 0 Å². The molecule has 6 nitrogen and oxygen atoms in total. The number of hydrogen-bond acceptors (Lipinski definition) is 4. The maximum absolute atomic E-state index is 12.1. The lowest BCUT2D eigenvalue weighted by atomic mass is 10.1. The molecule has 2 amide bonds. The van der Waals surface area contributed by atoms with Gasteiger partial charge in [-0.1, -0.05) is 25.1 Å². The van der Waals surface area contributed by atoms with E-state index >= 15 is 0 Å². The van der Waals surface area contributed by atoms with E-state index in [4.69, 9.17) is 9.47 Å². The molecule has 0 unspecified atom stereocenters. The molecule has 1 saturated heterocycles. The molecule has 0 spiro atoms. The molecule has 0 aromatic heterocycles. The Morgan fingerprint density at radius 1 is 1.19 bits per heavy atom. The lowest BCUT2D eigenvalue weighted by molar-refractivity contribution is -0.124. The minimum Gasteiger partial charge on any atom is -0.483 e. The molecule has 0 saturated carbocycles. The van der Waals surface area contributed by atoms with Crippen molar-refractivity contribution < 1.29 is 19.1 Å². The summed E-state index contributed by atoms with van der Waals surface area (Å²) in [6.45, 7) is 8.79. The summed E-state index contributed by atoms with van der Waals surface area (Å²) in [4.78, 5) is 25.9. The molecule has 1 aromatic carbocycles. The molecule has 0 aliphatic carbocycles. The number of rotatable bonds is 5. The molecule has 2 rings (SSSR count). The van der Waals surface area contributed by atoms with Crippen molar-refractivity contribution in [3.05, 3.63) is 29.8 Å². The van der Waals surface area contributed by atoms with Crippen LogP contribution in [0.4, 0.5) is 4.79 Å². The summed E-state index contributed by atoms with van der Waals surface area (Å²) in [5.74, 6) is 0.622. The second-order valence-electron chi connectivity index (χ2n) is 7.56. The predicted octanol–water partition coefficient (Wildman–Crippen LogP) is 3.14. The first-order chi connectivity index (χ1) is 12.3. The number of hydrogen-bond donors (Lipinski definition) is 1. The molecule has 1 heterocycles. The van der Waals surface area contributed by atoms with Gasteiger partial charge >= 0.3 is 6.09 Å². The smallest absolute Gasteiger partial charge is 0.410 e. The number of piperidine rings is 1. The third-order valence-corrected chi connectivity index (χ3v) is 4.22. The molecule has 144 valence electrons. The Morgan fingerprint density at radius 2 is 1.85 bits per heavy atom. The van der Waals surface area contributed by atoms with E-state index in [1.54, 1.807) is 4.90 Å². The Balaban J connectivity index is 1.73. The van der Waals surface area contributed by atoms with E-state index in [2.05, 4.69) is 12.2 Å². The third kappa shape index (κ3) is 6.24. The highest BCUT2D eigenvalue weighted by Gasteiger charge is 2.27. The first kappa shape index (κ1) is 20.1. The highest BCUT2D eigenvalue weighted by molar-refractivity contribution is 5.78. The van der Waals surface area contributed by atoms with Gasteiger partial charge < -0.3 is 19.7 Å². The number of aryl methyl sites for hydroxylation is 1. The summed E-state index contributed by atoms with van der Waals surface area (Å²) >= 11 is 0. The summed E-state index contributed by atoms with van der Waals surface area (Å²) in [7, 11) is 0. The minimum atomic E-state index is -0.492. The van der Waals surface area contributed by atoms with Crippen LogP contribution in [-0.2, 0) is 16.0 Å². The summed E-state index contributed by atoms with van der Waals surface area (Å²) in [6, 6.07) is 7.81. The van der Waals surface area contributed by atoms with E-state index in [0.29, 0.717) is 13.1 Å². The van der Waals surface area contributed by atoms with Gasteiger partial charge in [-0.2, -0.15) is 0 Å². The van der Waals surface area contributed by atoms with Crippen molar-refractivity contribution in [1.82, 2.24) is 10.2 Å². The van der Waals surface area contributed by atoms with E-state index in [1.807, 2.05) is 45.0 Å². The monoisotopic (exact) mass is 362 g/mol. The topological polar surface area (TPSA) is 67.9 Å². The lowest BCUT2D eigenvalue weighted by Gasteiger charge is -2.33. The molecule has 1 fully saturated rings. The highest BCUT2D eigenvalue weighted by Crippen LogP contribution is 2.18. The van der Waals surface area contributed by atoms with Crippen molar-refractivity contribution in [2.24, 2.45) is 0 Å². The molecule has 0 radical (unpaired) electrons. The van der Waals surface area contributed by atoms with E-state index < -0.39 is 5.60 Å². The standard InChI is InChI=1S/C20H30N2O4/c1-5-15-8-6-7-9-17(15)25-14-18(23)21-16-10-12-22(13-11-16)19(24)26-20(2,3)4/h6-9,16H,5,10-14H2,1-4H3,(H,21,23). The zero-order valence-corrected chi connectivity index (χ0v) is 16.2. The lowest BCUT2D eigenvalue weighted by Crippen LogP contribution is -2.48. The summed E-state index contributed by atoms with van der Waals surface area (Å²) in [5, 5.41) is 2.99. The number of benzene rings is 1. The quantitative estimate of drug-likeness (QED) is 0.874. The number of nitrogens with one attached hydrogen (secondary N) is 1. The number of amides is 2.